The first-order valence-electron chi connectivity index (χ1n) is 7.71. The monoisotopic (exact) mass is 256 g/mol. The average Bonchev–Trinajstić information content (AvgIpc) is 2.92. The molecule has 2 N–H and O–H groups in total. The van der Waals surface area contributed by atoms with Crippen LogP contribution in [-0.2, 0) is 4.74 Å². The van der Waals surface area contributed by atoms with E-state index in [0.29, 0.717) is 5.92 Å². The Kier molecular flexibility index (Phi) is 7.20. The normalized spacial score (nSPS) is 23.5. The third-order valence-corrected chi connectivity index (χ3v) is 4.51. The summed E-state index contributed by atoms with van der Waals surface area (Å²) < 4.78 is 5.58. The zero-order valence-electron chi connectivity index (χ0n) is 12.6. The minimum Gasteiger partial charge on any atom is -0.381 e. The van der Waals surface area contributed by atoms with Gasteiger partial charge >= 0.3 is 0 Å². The van der Waals surface area contributed by atoms with Crippen LogP contribution >= 0.6 is 0 Å². The number of hydrogen-bond acceptors (Lipinski definition) is 3. The van der Waals surface area contributed by atoms with Crippen molar-refractivity contribution in [3.63, 3.8) is 0 Å². The van der Waals surface area contributed by atoms with Crippen molar-refractivity contribution in [2.75, 3.05) is 32.8 Å². The molecule has 3 heteroatoms. The lowest BCUT2D eigenvalue weighted by Gasteiger charge is -2.44. The summed E-state index contributed by atoms with van der Waals surface area (Å²) in [6.45, 7) is 11.8. The van der Waals surface area contributed by atoms with E-state index in [-0.39, 0.29) is 5.54 Å². The Morgan fingerprint density at radius 2 is 1.83 bits per heavy atom. The van der Waals surface area contributed by atoms with Crippen molar-refractivity contribution < 1.29 is 4.74 Å². The molecule has 0 aromatic rings. The van der Waals surface area contributed by atoms with Crippen molar-refractivity contribution in [3.8, 4) is 0 Å². The summed E-state index contributed by atoms with van der Waals surface area (Å²) in [5, 5.41) is 0. The van der Waals surface area contributed by atoms with E-state index in [0.717, 1.165) is 19.8 Å². The van der Waals surface area contributed by atoms with Crippen molar-refractivity contribution in [2.45, 2.75) is 58.4 Å². The largest absolute Gasteiger partial charge is 0.381 e. The second-order valence-electron chi connectivity index (χ2n) is 5.82. The quantitative estimate of drug-likeness (QED) is 0.689. The van der Waals surface area contributed by atoms with Crippen LogP contribution in [-0.4, -0.2) is 43.3 Å². The van der Waals surface area contributed by atoms with E-state index in [1.165, 1.54) is 45.2 Å². The maximum Gasteiger partial charge on any atom is 0.0513 e. The lowest BCUT2D eigenvalue weighted by atomic mass is 9.82. The second kappa shape index (κ2) is 8.13. The summed E-state index contributed by atoms with van der Waals surface area (Å²) in [5.74, 6) is 0.608. The van der Waals surface area contributed by atoms with E-state index in [9.17, 15) is 0 Å². The summed E-state index contributed by atoms with van der Waals surface area (Å²) in [4.78, 5) is 2.64. The molecule has 1 rings (SSSR count). The first-order chi connectivity index (χ1) is 8.69. The molecule has 1 heterocycles. The van der Waals surface area contributed by atoms with Gasteiger partial charge in [0.25, 0.3) is 0 Å². The van der Waals surface area contributed by atoms with Crippen LogP contribution < -0.4 is 5.73 Å². The second-order valence-corrected chi connectivity index (χ2v) is 5.82. The minimum atomic E-state index is 0.126. The van der Waals surface area contributed by atoms with Crippen LogP contribution in [0.4, 0.5) is 0 Å². The Morgan fingerprint density at radius 3 is 2.22 bits per heavy atom. The predicted molar refractivity (Wildman–Crippen MR) is 77.8 cm³/mol. The van der Waals surface area contributed by atoms with Crippen LogP contribution in [0.2, 0.25) is 0 Å². The first-order valence-corrected chi connectivity index (χ1v) is 7.71. The molecule has 3 nitrogen and oxygen atoms in total. The number of rotatable bonds is 9. The van der Waals surface area contributed by atoms with Gasteiger partial charge in [-0.3, -0.25) is 4.90 Å². The van der Waals surface area contributed by atoms with Crippen LogP contribution in [0.1, 0.15) is 52.9 Å². The van der Waals surface area contributed by atoms with Gasteiger partial charge in [0, 0.05) is 24.6 Å². The highest BCUT2D eigenvalue weighted by molar-refractivity contribution is 4.95. The molecule has 0 amide bonds. The van der Waals surface area contributed by atoms with Crippen molar-refractivity contribution in [2.24, 2.45) is 11.7 Å². The summed E-state index contributed by atoms with van der Waals surface area (Å²) >= 11 is 0. The van der Waals surface area contributed by atoms with Crippen molar-refractivity contribution >= 4 is 0 Å². The standard InChI is InChI=1S/C15H32N2O/c1-4-6-9-17(10-7-5-2)15(3,13-16)14-8-11-18-12-14/h14H,4-13,16H2,1-3H3. The third kappa shape index (κ3) is 3.94. The predicted octanol–water partition coefficient (Wildman–Crippen LogP) is 2.64. The Balaban J connectivity index is 2.69. The molecule has 18 heavy (non-hydrogen) atoms. The van der Waals surface area contributed by atoms with Crippen LogP contribution in [0.15, 0.2) is 0 Å². The fourth-order valence-electron chi connectivity index (χ4n) is 2.90. The van der Waals surface area contributed by atoms with Gasteiger partial charge in [-0.25, -0.2) is 0 Å². The number of nitrogens with two attached hydrogens (primary N) is 1. The molecular weight excluding hydrogens is 224 g/mol. The molecule has 0 bridgehead atoms. The minimum absolute atomic E-state index is 0.126. The van der Waals surface area contributed by atoms with Crippen molar-refractivity contribution in [1.82, 2.24) is 4.90 Å². The Labute approximate surface area is 113 Å². The molecule has 0 radical (unpaired) electrons. The van der Waals surface area contributed by atoms with Crippen molar-refractivity contribution in [3.05, 3.63) is 0 Å². The number of nitrogens with zero attached hydrogens (tertiary/aromatic N) is 1. The molecule has 2 unspecified atom stereocenters. The van der Waals surface area contributed by atoms with Crippen LogP contribution in [0.5, 0.6) is 0 Å². The maximum absolute atomic E-state index is 6.13. The smallest absolute Gasteiger partial charge is 0.0513 e. The molecule has 0 spiro atoms. The van der Waals surface area contributed by atoms with Gasteiger partial charge in [-0.2, -0.15) is 0 Å². The highest BCUT2D eigenvalue weighted by Crippen LogP contribution is 2.31. The number of unbranched alkanes of at least 4 members (excludes halogenated alkanes) is 2. The summed E-state index contributed by atoms with van der Waals surface area (Å²) in [5.41, 5.74) is 6.26. The van der Waals surface area contributed by atoms with E-state index < -0.39 is 0 Å². The van der Waals surface area contributed by atoms with E-state index >= 15 is 0 Å². The molecule has 0 aromatic heterocycles. The molecule has 1 aliphatic rings. The lowest BCUT2D eigenvalue weighted by molar-refractivity contribution is 0.0426. The molecule has 0 aromatic carbocycles. The fraction of sp³-hybridized carbons (Fsp3) is 1.00. The fourth-order valence-corrected chi connectivity index (χ4v) is 2.90. The molecule has 108 valence electrons. The van der Waals surface area contributed by atoms with Gasteiger partial charge in [0.1, 0.15) is 0 Å². The molecule has 1 fully saturated rings. The SMILES string of the molecule is CCCCN(CCCC)C(C)(CN)C1CCOC1. The van der Waals surface area contributed by atoms with Gasteiger partial charge < -0.3 is 10.5 Å². The number of hydrogen-bond donors (Lipinski definition) is 1. The van der Waals surface area contributed by atoms with Crippen LogP contribution in [0.25, 0.3) is 0 Å². The average molecular weight is 256 g/mol. The van der Waals surface area contributed by atoms with Gasteiger partial charge in [-0.05, 0) is 39.3 Å². The third-order valence-electron chi connectivity index (χ3n) is 4.51. The Hall–Kier alpha value is -0.120. The highest BCUT2D eigenvalue weighted by Gasteiger charge is 2.39. The maximum atomic E-state index is 6.13. The zero-order chi connectivity index (χ0) is 13.4. The molecule has 0 saturated carbocycles. The van der Waals surface area contributed by atoms with Gasteiger partial charge in [-0.1, -0.05) is 26.7 Å². The van der Waals surface area contributed by atoms with Crippen LogP contribution in [0.3, 0.4) is 0 Å². The van der Waals surface area contributed by atoms with E-state index in [1.54, 1.807) is 0 Å². The van der Waals surface area contributed by atoms with E-state index in [1.807, 2.05) is 0 Å². The van der Waals surface area contributed by atoms with Crippen LogP contribution in [0, 0.1) is 5.92 Å². The molecule has 2 atom stereocenters. The van der Waals surface area contributed by atoms with Crippen molar-refractivity contribution in [1.29, 1.82) is 0 Å². The Morgan fingerprint density at radius 1 is 1.22 bits per heavy atom. The summed E-state index contributed by atoms with van der Waals surface area (Å²) in [6, 6.07) is 0. The molecular formula is C15H32N2O. The number of ether oxygens (including phenoxy) is 1. The molecule has 1 aliphatic heterocycles. The molecule has 1 saturated heterocycles. The zero-order valence-corrected chi connectivity index (χ0v) is 12.6. The summed E-state index contributed by atoms with van der Waals surface area (Å²) in [7, 11) is 0. The Bertz CT molecular complexity index is 209. The topological polar surface area (TPSA) is 38.5 Å². The van der Waals surface area contributed by atoms with E-state index in [2.05, 4.69) is 25.7 Å². The van der Waals surface area contributed by atoms with E-state index in [4.69, 9.17) is 10.5 Å². The van der Waals surface area contributed by atoms with Gasteiger partial charge in [0.15, 0.2) is 0 Å². The van der Waals surface area contributed by atoms with Gasteiger partial charge in [0.05, 0.1) is 6.61 Å². The molecule has 0 aliphatic carbocycles. The highest BCUT2D eigenvalue weighted by atomic mass is 16.5. The summed E-state index contributed by atoms with van der Waals surface area (Å²) in [6.07, 6.45) is 6.22. The first kappa shape index (κ1) is 15.9. The lowest BCUT2D eigenvalue weighted by Crippen LogP contribution is -2.57. The van der Waals surface area contributed by atoms with Gasteiger partial charge in [-0.15, -0.1) is 0 Å². The van der Waals surface area contributed by atoms with Gasteiger partial charge in [0.2, 0.25) is 0 Å².